The van der Waals surface area contributed by atoms with Gasteiger partial charge in [0.15, 0.2) is 0 Å². The van der Waals surface area contributed by atoms with Gasteiger partial charge in [-0.1, -0.05) is 54.6 Å². The van der Waals surface area contributed by atoms with Crippen LogP contribution < -0.4 is 19.7 Å². The van der Waals surface area contributed by atoms with E-state index in [-0.39, 0.29) is 11.3 Å². The van der Waals surface area contributed by atoms with Gasteiger partial charge in [-0.05, 0) is 29.8 Å². The summed E-state index contributed by atoms with van der Waals surface area (Å²) in [6, 6.07) is 23.3. The molecule has 0 saturated carbocycles. The normalized spacial score (nSPS) is 13.6. The molecule has 0 aromatic heterocycles. The average molecular weight is 400 g/mol. The smallest absolute Gasteiger partial charge is 0.282 e. The highest BCUT2D eigenvalue weighted by Crippen LogP contribution is 2.38. The van der Waals surface area contributed by atoms with Crippen molar-refractivity contribution in [1.29, 1.82) is 0 Å². The summed E-state index contributed by atoms with van der Waals surface area (Å²) >= 11 is 0. The SMILES string of the molecule is COc1ccccc1NC1=C(c2ccccc2)C(=O)N(c2ccccc2OC)C1=O. The number of hydrogen-bond donors (Lipinski definition) is 1. The summed E-state index contributed by atoms with van der Waals surface area (Å²) < 4.78 is 10.8. The lowest BCUT2D eigenvalue weighted by molar-refractivity contribution is -0.120. The fourth-order valence-corrected chi connectivity index (χ4v) is 3.43. The maximum atomic E-state index is 13.5. The molecule has 0 atom stereocenters. The summed E-state index contributed by atoms with van der Waals surface area (Å²) in [5.74, 6) is 0.112. The second kappa shape index (κ2) is 8.13. The van der Waals surface area contributed by atoms with Gasteiger partial charge in [-0.15, -0.1) is 0 Å². The van der Waals surface area contributed by atoms with E-state index in [0.717, 1.165) is 4.90 Å². The molecular formula is C24H20N2O4. The topological polar surface area (TPSA) is 67.9 Å². The molecule has 6 nitrogen and oxygen atoms in total. The van der Waals surface area contributed by atoms with Gasteiger partial charge in [0, 0.05) is 0 Å². The standard InChI is InChI=1S/C24H20N2O4/c1-29-19-14-8-6-12-17(19)25-22-21(16-10-4-3-5-11-16)23(27)26(24(22)28)18-13-7-9-15-20(18)30-2/h3-15,25H,1-2H3. The van der Waals surface area contributed by atoms with Gasteiger partial charge < -0.3 is 14.8 Å². The molecule has 2 amide bonds. The molecule has 3 aromatic carbocycles. The number of anilines is 2. The summed E-state index contributed by atoms with van der Waals surface area (Å²) in [5, 5.41) is 3.13. The zero-order valence-electron chi connectivity index (χ0n) is 16.6. The van der Waals surface area contributed by atoms with Crippen LogP contribution in [0.5, 0.6) is 11.5 Å². The predicted molar refractivity (Wildman–Crippen MR) is 115 cm³/mol. The Balaban J connectivity index is 1.85. The van der Waals surface area contributed by atoms with Gasteiger partial charge in [0.2, 0.25) is 0 Å². The van der Waals surface area contributed by atoms with E-state index in [1.54, 1.807) is 55.6 Å². The lowest BCUT2D eigenvalue weighted by atomic mass is 10.0. The van der Waals surface area contributed by atoms with Crippen molar-refractivity contribution in [2.75, 3.05) is 24.4 Å². The first-order valence-electron chi connectivity index (χ1n) is 9.37. The number of para-hydroxylation sites is 4. The van der Waals surface area contributed by atoms with E-state index < -0.39 is 11.8 Å². The first-order valence-corrected chi connectivity index (χ1v) is 9.37. The molecule has 3 aromatic rings. The van der Waals surface area contributed by atoms with Crippen LogP contribution in [0.25, 0.3) is 5.57 Å². The number of benzene rings is 3. The molecule has 0 unspecified atom stereocenters. The summed E-state index contributed by atoms with van der Waals surface area (Å²) in [6.07, 6.45) is 0. The number of nitrogens with zero attached hydrogens (tertiary/aromatic N) is 1. The lowest BCUT2D eigenvalue weighted by Gasteiger charge is -2.18. The minimum atomic E-state index is -0.464. The molecule has 1 aliphatic heterocycles. The Bertz CT molecular complexity index is 1140. The second-order valence-corrected chi connectivity index (χ2v) is 6.56. The van der Waals surface area contributed by atoms with E-state index in [9.17, 15) is 9.59 Å². The van der Waals surface area contributed by atoms with Crippen molar-refractivity contribution < 1.29 is 19.1 Å². The third-order valence-electron chi connectivity index (χ3n) is 4.84. The van der Waals surface area contributed by atoms with E-state index in [1.807, 2.05) is 30.3 Å². The van der Waals surface area contributed by atoms with Crippen molar-refractivity contribution in [3.8, 4) is 11.5 Å². The van der Waals surface area contributed by atoms with Crippen LogP contribution in [0.2, 0.25) is 0 Å². The molecule has 0 bridgehead atoms. The summed E-state index contributed by atoms with van der Waals surface area (Å²) in [6.45, 7) is 0. The van der Waals surface area contributed by atoms with Crippen molar-refractivity contribution in [2.45, 2.75) is 0 Å². The van der Waals surface area contributed by atoms with E-state index >= 15 is 0 Å². The van der Waals surface area contributed by atoms with Crippen molar-refractivity contribution in [2.24, 2.45) is 0 Å². The van der Waals surface area contributed by atoms with Gasteiger partial charge in [0.25, 0.3) is 11.8 Å². The van der Waals surface area contributed by atoms with E-state index in [2.05, 4.69) is 5.32 Å². The Morgan fingerprint density at radius 1 is 0.700 bits per heavy atom. The number of carbonyl (C=O) groups excluding carboxylic acids is 2. The second-order valence-electron chi connectivity index (χ2n) is 6.56. The summed E-state index contributed by atoms with van der Waals surface area (Å²) in [5.41, 5.74) is 2.09. The largest absolute Gasteiger partial charge is 0.495 e. The van der Waals surface area contributed by atoms with Gasteiger partial charge in [-0.2, -0.15) is 0 Å². The Morgan fingerprint density at radius 2 is 1.30 bits per heavy atom. The predicted octanol–water partition coefficient (Wildman–Crippen LogP) is 4.10. The Labute approximate surface area is 174 Å². The number of ether oxygens (including phenoxy) is 2. The van der Waals surface area contributed by atoms with Crippen LogP contribution in [-0.2, 0) is 9.59 Å². The van der Waals surface area contributed by atoms with Crippen molar-refractivity contribution in [3.63, 3.8) is 0 Å². The van der Waals surface area contributed by atoms with Crippen LogP contribution in [0.4, 0.5) is 11.4 Å². The van der Waals surface area contributed by atoms with Gasteiger partial charge in [-0.3, -0.25) is 9.59 Å². The highest BCUT2D eigenvalue weighted by molar-refractivity contribution is 6.46. The third-order valence-corrected chi connectivity index (χ3v) is 4.84. The number of amides is 2. The van der Waals surface area contributed by atoms with Crippen LogP contribution in [0.3, 0.4) is 0 Å². The fourth-order valence-electron chi connectivity index (χ4n) is 3.43. The lowest BCUT2D eigenvalue weighted by Crippen LogP contribution is -2.32. The van der Waals surface area contributed by atoms with Gasteiger partial charge >= 0.3 is 0 Å². The van der Waals surface area contributed by atoms with E-state index in [0.29, 0.717) is 28.4 Å². The fraction of sp³-hybridized carbons (Fsp3) is 0.0833. The molecule has 0 fully saturated rings. The maximum Gasteiger partial charge on any atom is 0.282 e. The highest BCUT2D eigenvalue weighted by Gasteiger charge is 2.41. The molecule has 1 N–H and O–H groups in total. The number of rotatable bonds is 6. The Hall–Kier alpha value is -4.06. The monoisotopic (exact) mass is 400 g/mol. The van der Waals surface area contributed by atoms with Gasteiger partial charge in [0.1, 0.15) is 17.2 Å². The van der Waals surface area contributed by atoms with Crippen LogP contribution >= 0.6 is 0 Å². The van der Waals surface area contributed by atoms with Gasteiger partial charge in [0.05, 0.1) is 31.2 Å². The van der Waals surface area contributed by atoms with Crippen molar-refractivity contribution >= 4 is 28.8 Å². The van der Waals surface area contributed by atoms with E-state index in [4.69, 9.17) is 9.47 Å². The van der Waals surface area contributed by atoms with Crippen molar-refractivity contribution in [3.05, 3.63) is 90.1 Å². The molecule has 0 saturated heterocycles. The molecule has 6 heteroatoms. The molecule has 0 radical (unpaired) electrons. The van der Waals surface area contributed by atoms with Crippen LogP contribution in [0.1, 0.15) is 5.56 Å². The highest BCUT2D eigenvalue weighted by atomic mass is 16.5. The Kier molecular flexibility index (Phi) is 5.22. The molecular weight excluding hydrogens is 380 g/mol. The molecule has 1 aliphatic rings. The number of nitrogens with one attached hydrogen (secondary N) is 1. The number of hydrogen-bond acceptors (Lipinski definition) is 5. The van der Waals surface area contributed by atoms with Gasteiger partial charge in [-0.25, -0.2) is 4.90 Å². The van der Waals surface area contributed by atoms with E-state index in [1.165, 1.54) is 7.11 Å². The first-order chi connectivity index (χ1) is 14.7. The summed E-state index contributed by atoms with van der Waals surface area (Å²) in [4.78, 5) is 28.1. The minimum Gasteiger partial charge on any atom is -0.495 e. The molecule has 30 heavy (non-hydrogen) atoms. The third kappa shape index (κ3) is 3.28. The number of carbonyl (C=O) groups is 2. The number of imide groups is 1. The first kappa shape index (κ1) is 19.3. The molecule has 1 heterocycles. The average Bonchev–Trinajstić information content (AvgIpc) is 3.03. The molecule has 4 rings (SSSR count). The van der Waals surface area contributed by atoms with Crippen LogP contribution in [0.15, 0.2) is 84.6 Å². The summed E-state index contributed by atoms with van der Waals surface area (Å²) in [7, 11) is 3.05. The van der Waals surface area contributed by atoms with Crippen LogP contribution in [0, 0.1) is 0 Å². The maximum absolute atomic E-state index is 13.5. The van der Waals surface area contributed by atoms with Crippen LogP contribution in [-0.4, -0.2) is 26.0 Å². The quantitative estimate of drug-likeness (QED) is 0.631. The molecule has 0 aliphatic carbocycles. The van der Waals surface area contributed by atoms with Crippen molar-refractivity contribution in [1.82, 2.24) is 0 Å². The molecule has 0 spiro atoms. The zero-order valence-corrected chi connectivity index (χ0v) is 16.6. The zero-order chi connectivity index (χ0) is 21.1. The minimum absolute atomic E-state index is 0.182. The Morgan fingerprint density at radius 3 is 2.00 bits per heavy atom. The number of methoxy groups -OCH3 is 2. The molecule has 150 valence electrons.